The summed E-state index contributed by atoms with van der Waals surface area (Å²) in [5.41, 5.74) is 5.30. The maximum absolute atomic E-state index is 13.7. The zero-order chi connectivity index (χ0) is 29.7. The fraction of sp³-hybridized carbons (Fsp3) is 0.515. The highest BCUT2D eigenvalue weighted by molar-refractivity contribution is 7.85. The quantitative estimate of drug-likeness (QED) is 0.345. The average Bonchev–Trinajstić information content (AvgIpc) is 3.36. The molecule has 3 unspecified atom stereocenters. The lowest BCUT2D eigenvalue weighted by molar-refractivity contribution is -0.0745. The van der Waals surface area contributed by atoms with E-state index in [1.807, 2.05) is 43.0 Å². The lowest BCUT2D eigenvalue weighted by atomic mass is 9.33. The fourth-order valence-corrected chi connectivity index (χ4v) is 8.00. The lowest BCUT2D eigenvalue weighted by Crippen LogP contribution is -2.68. The molecule has 4 atom stereocenters. The molecule has 7 rings (SSSR count). The topological polar surface area (TPSA) is 68.9 Å². The highest BCUT2D eigenvalue weighted by atomic mass is 32.2. The number of hydrogen-bond donors (Lipinski definition) is 1. The molecule has 41 heavy (non-hydrogen) atoms. The van der Waals surface area contributed by atoms with Gasteiger partial charge in [-0.15, -0.1) is 0 Å². The largest absolute Gasteiger partial charge is 0.381 e. The zero-order valence-electron chi connectivity index (χ0n) is 25.3. The highest BCUT2D eigenvalue weighted by Gasteiger charge is 2.70. The van der Waals surface area contributed by atoms with Crippen molar-refractivity contribution in [3.8, 4) is 0 Å². The van der Waals surface area contributed by atoms with Crippen LogP contribution < -0.4 is 10.9 Å². The Bertz CT molecular complexity index is 1600. The van der Waals surface area contributed by atoms with Gasteiger partial charge in [-0.25, -0.2) is 9.07 Å². The summed E-state index contributed by atoms with van der Waals surface area (Å²) in [6.07, 6.45) is 15.2. The van der Waals surface area contributed by atoms with Crippen LogP contribution in [0, 0.1) is 6.92 Å². The maximum Gasteiger partial charge on any atom is 0.258 e. The number of nitrogens with one attached hydrogen (secondary N) is 1. The molecule has 3 saturated carbocycles. The number of aryl methyl sites for hydroxylation is 1. The first-order valence-electron chi connectivity index (χ1n) is 14.7. The van der Waals surface area contributed by atoms with E-state index in [1.165, 1.54) is 18.0 Å². The third kappa shape index (κ3) is 5.02. The normalized spacial score (nSPS) is 26.6. The molecule has 4 aliphatic rings. The van der Waals surface area contributed by atoms with Crippen LogP contribution in [0.4, 0.5) is 4.39 Å². The van der Waals surface area contributed by atoms with Crippen molar-refractivity contribution in [2.45, 2.75) is 95.1 Å². The van der Waals surface area contributed by atoms with Gasteiger partial charge in [0.25, 0.3) is 5.56 Å². The molecule has 4 aliphatic carbocycles. The van der Waals surface area contributed by atoms with Gasteiger partial charge in [0.1, 0.15) is 0 Å². The second-order valence-electron chi connectivity index (χ2n) is 12.4. The van der Waals surface area contributed by atoms with E-state index in [1.54, 1.807) is 12.5 Å². The first kappa shape index (κ1) is 29.5. The molecule has 0 spiro atoms. The standard InChI is InChI=1S/C30H35FN4O2S.C3H8/c1-18-10-22(19(2)33-25-8-6-7-9-26(25)38(5)37)23-12-27(34(4)28(36)24(23)11-18)30-15-29(16-30,17-30)21-13-32-35(14-21)20(3)31;1-3-2/h6-8,10-14,19-20,26,33H,9,15-17H2,1-5H3;3H2,1-2H3/t19-,20?,26?,29?,30?,38?;/m1./s1. The first-order valence-corrected chi connectivity index (χ1v) is 16.4. The monoisotopic (exact) mass is 578 g/mol. The molecule has 0 radical (unpaired) electrons. The van der Waals surface area contributed by atoms with Crippen molar-refractivity contribution < 1.29 is 8.60 Å². The molecule has 220 valence electrons. The van der Waals surface area contributed by atoms with Crippen molar-refractivity contribution in [1.82, 2.24) is 19.7 Å². The molecule has 0 amide bonds. The Hall–Kier alpha value is -3.00. The van der Waals surface area contributed by atoms with Crippen LogP contribution in [0.2, 0.25) is 0 Å². The molecular weight excluding hydrogens is 535 g/mol. The predicted octanol–water partition coefficient (Wildman–Crippen LogP) is 6.56. The Balaban J connectivity index is 0.00000108. The minimum atomic E-state index is -1.14. The minimum absolute atomic E-state index is 0.0276. The van der Waals surface area contributed by atoms with Gasteiger partial charge in [0.2, 0.25) is 0 Å². The average molecular weight is 579 g/mol. The number of fused-ring (bicyclic) bond motifs is 1. The number of rotatable bonds is 7. The van der Waals surface area contributed by atoms with Gasteiger partial charge in [-0.1, -0.05) is 38.5 Å². The second-order valence-corrected chi connectivity index (χ2v) is 14.0. The van der Waals surface area contributed by atoms with Crippen LogP contribution in [0.15, 0.2) is 59.3 Å². The summed E-state index contributed by atoms with van der Waals surface area (Å²) in [5, 5.41) is 9.49. The van der Waals surface area contributed by atoms with Crippen molar-refractivity contribution in [2.75, 3.05) is 6.26 Å². The van der Waals surface area contributed by atoms with E-state index in [-0.39, 0.29) is 27.7 Å². The first-order chi connectivity index (χ1) is 19.4. The molecule has 2 aromatic heterocycles. The summed E-state index contributed by atoms with van der Waals surface area (Å²) < 4.78 is 29.3. The van der Waals surface area contributed by atoms with E-state index in [0.29, 0.717) is 0 Å². The molecule has 0 saturated heterocycles. The number of pyridine rings is 1. The van der Waals surface area contributed by atoms with Crippen LogP contribution in [0.25, 0.3) is 10.8 Å². The number of allylic oxidation sites excluding steroid dienone is 3. The van der Waals surface area contributed by atoms with Crippen molar-refractivity contribution >= 4 is 21.6 Å². The molecule has 0 aliphatic heterocycles. The van der Waals surface area contributed by atoms with Crippen LogP contribution in [-0.2, 0) is 28.7 Å². The number of halogens is 1. The molecule has 1 N–H and O–H groups in total. The molecule has 2 heterocycles. The lowest BCUT2D eigenvalue weighted by Gasteiger charge is -2.71. The van der Waals surface area contributed by atoms with E-state index in [2.05, 4.69) is 49.4 Å². The number of alkyl halides is 1. The summed E-state index contributed by atoms with van der Waals surface area (Å²) in [4.78, 5) is 13.7. The Labute approximate surface area is 245 Å². The maximum atomic E-state index is 13.7. The predicted molar refractivity (Wildman–Crippen MR) is 166 cm³/mol. The molecule has 8 heteroatoms. The molecular formula is C33H43FN4O2S. The van der Waals surface area contributed by atoms with Gasteiger partial charge >= 0.3 is 0 Å². The number of aromatic nitrogens is 3. The van der Waals surface area contributed by atoms with Crippen LogP contribution in [0.1, 0.15) is 94.5 Å². The van der Waals surface area contributed by atoms with Gasteiger partial charge in [0.15, 0.2) is 6.30 Å². The molecule has 1 aromatic carbocycles. The number of nitrogens with zero attached hydrogens (tertiary/aromatic N) is 3. The summed E-state index contributed by atoms with van der Waals surface area (Å²) in [7, 11) is 0.906. The van der Waals surface area contributed by atoms with Crippen LogP contribution in [0.3, 0.4) is 0 Å². The van der Waals surface area contributed by atoms with Gasteiger partial charge in [0, 0.05) is 63.9 Å². The number of benzene rings is 1. The third-order valence-corrected chi connectivity index (χ3v) is 10.3. The molecule has 3 fully saturated rings. The summed E-state index contributed by atoms with van der Waals surface area (Å²) >= 11 is 0. The molecule has 6 nitrogen and oxygen atoms in total. The van der Waals surface area contributed by atoms with Gasteiger partial charge in [-0.05, 0) is 86.7 Å². The molecule has 3 aromatic rings. The van der Waals surface area contributed by atoms with E-state index < -0.39 is 17.1 Å². The van der Waals surface area contributed by atoms with E-state index in [9.17, 15) is 13.4 Å². The van der Waals surface area contributed by atoms with Gasteiger partial charge in [0.05, 0.1) is 11.4 Å². The minimum Gasteiger partial charge on any atom is -0.381 e. The Morgan fingerprint density at radius 2 is 1.83 bits per heavy atom. The Morgan fingerprint density at radius 3 is 2.44 bits per heavy atom. The highest BCUT2D eigenvalue weighted by Crippen LogP contribution is 2.73. The summed E-state index contributed by atoms with van der Waals surface area (Å²) in [5.74, 6) is 0. The van der Waals surface area contributed by atoms with E-state index >= 15 is 0 Å². The van der Waals surface area contributed by atoms with Crippen molar-refractivity contribution in [3.05, 3.63) is 87.3 Å². The van der Waals surface area contributed by atoms with Crippen molar-refractivity contribution in [2.24, 2.45) is 7.05 Å². The SMILES string of the molecule is CCC.Cc1cc([C@@H](C)NC2=CC=CCC2S(C)=O)c2cc(C34CC(c5cnn(C(C)F)c5)(C3)C4)n(C)c(=O)c2c1. The second kappa shape index (κ2) is 11.0. The van der Waals surface area contributed by atoms with E-state index in [4.69, 9.17) is 0 Å². The van der Waals surface area contributed by atoms with Crippen LogP contribution in [0.5, 0.6) is 0 Å². The van der Waals surface area contributed by atoms with Gasteiger partial charge in [-0.3, -0.25) is 9.00 Å². The summed E-state index contributed by atoms with van der Waals surface area (Å²) in [6.45, 7) is 9.88. The van der Waals surface area contributed by atoms with Gasteiger partial charge in [-0.2, -0.15) is 5.10 Å². The fourth-order valence-electron chi connectivity index (χ4n) is 7.12. The summed E-state index contributed by atoms with van der Waals surface area (Å²) in [6, 6.07) is 6.31. The molecule has 2 bridgehead atoms. The Kier molecular flexibility index (Phi) is 7.92. The van der Waals surface area contributed by atoms with E-state index in [0.717, 1.165) is 64.5 Å². The smallest absolute Gasteiger partial charge is 0.258 e. The van der Waals surface area contributed by atoms with Crippen LogP contribution >= 0.6 is 0 Å². The third-order valence-electron chi connectivity index (χ3n) is 9.05. The number of hydrogen-bond acceptors (Lipinski definition) is 4. The van der Waals surface area contributed by atoms with Gasteiger partial charge < -0.3 is 9.88 Å². The van der Waals surface area contributed by atoms with Crippen molar-refractivity contribution in [1.29, 1.82) is 0 Å². The zero-order valence-corrected chi connectivity index (χ0v) is 26.1. The Morgan fingerprint density at radius 1 is 1.15 bits per heavy atom. The van der Waals surface area contributed by atoms with Crippen LogP contribution in [-0.4, -0.2) is 30.1 Å². The van der Waals surface area contributed by atoms with Crippen molar-refractivity contribution in [3.63, 3.8) is 0 Å².